The molecule has 1 amide bonds. The maximum Gasteiger partial charge on any atom is 0.276 e. The van der Waals surface area contributed by atoms with Gasteiger partial charge in [0.1, 0.15) is 17.3 Å². The number of carbonyl (C=O) groups is 1. The van der Waals surface area contributed by atoms with Crippen molar-refractivity contribution in [2.45, 2.75) is 26.8 Å². The number of amides is 1. The van der Waals surface area contributed by atoms with E-state index >= 15 is 4.39 Å². The Morgan fingerprint density at radius 3 is 2.47 bits per heavy atom. The lowest BCUT2D eigenvalue weighted by atomic mass is 9.94. The third-order valence-corrected chi connectivity index (χ3v) is 9.63. The van der Waals surface area contributed by atoms with Crippen molar-refractivity contribution in [3.63, 3.8) is 0 Å². The summed E-state index contributed by atoms with van der Waals surface area (Å²) < 4.78 is 17.1. The van der Waals surface area contributed by atoms with Crippen molar-refractivity contribution < 1.29 is 9.18 Å². The molecule has 9 nitrogen and oxygen atoms in total. The summed E-state index contributed by atoms with van der Waals surface area (Å²) in [6.45, 7) is 10.7. The number of nitriles is 1. The van der Waals surface area contributed by atoms with Crippen LogP contribution in [-0.2, 0) is 4.79 Å². The monoisotopic (exact) mass is 689 g/mol. The summed E-state index contributed by atoms with van der Waals surface area (Å²) in [5, 5.41) is 13.1. The molecule has 3 N–H and O–H groups in total. The standard InChI is InChI=1S/C31H28Cl4FN7O2/c1-5-19(44)41-8-10-42(11-9-41)29-16-12-18(32)27(20-24(36)22(34)21(33)23(35)25(20)38)40-30(16)43(31(45)17(29)13-37)28-15(4)6-7-39-26(28)14(2)3/h5-7,12,14,26,39H,1,8-11,38H2,2-4H3/t26-/m1/s1. The van der Waals surface area contributed by atoms with Crippen LogP contribution in [0.15, 0.2) is 41.4 Å². The lowest BCUT2D eigenvalue weighted by Gasteiger charge is -2.37. The Balaban J connectivity index is 1.90. The van der Waals surface area contributed by atoms with Crippen molar-refractivity contribution >= 4 is 80.4 Å². The number of pyridine rings is 2. The van der Waals surface area contributed by atoms with Crippen LogP contribution in [0.4, 0.5) is 15.8 Å². The second-order valence-electron chi connectivity index (χ2n) is 11.0. The van der Waals surface area contributed by atoms with Gasteiger partial charge in [-0.2, -0.15) is 5.26 Å². The Kier molecular flexibility index (Phi) is 9.11. The van der Waals surface area contributed by atoms with Crippen LogP contribution in [0.3, 0.4) is 0 Å². The van der Waals surface area contributed by atoms with Gasteiger partial charge in [0.25, 0.3) is 5.56 Å². The largest absolute Gasteiger partial charge is 0.397 e. The molecule has 4 heterocycles. The van der Waals surface area contributed by atoms with Gasteiger partial charge in [-0.05, 0) is 42.8 Å². The summed E-state index contributed by atoms with van der Waals surface area (Å²) in [7, 11) is 0. The third kappa shape index (κ3) is 5.42. The van der Waals surface area contributed by atoms with E-state index in [-0.39, 0.29) is 61.1 Å². The van der Waals surface area contributed by atoms with Gasteiger partial charge in [-0.3, -0.25) is 14.2 Å². The number of anilines is 2. The second kappa shape index (κ2) is 12.6. The molecule has 2 aromatic heterocycles. The summed E-state index contributed by atoms with van der Waals surface area (Å²) in [6.07, 6.45) is 4.85. The van der Waals surface area contributed by atoms with Gasteiger partial charge in [0.2, 0.25) is 5.91 Å². The molecule has 0 saturated carbocycles. The van der Waals surface area contributed by atoms with Crippen LogP contribution in [0.1, 0.15) is 26.3 Å². The van der Waals surface area contributed by atoms with Crippen LogP contribution in [0.25, 0.3) is 28.0 Å². The van der Waals surface area contributed by atoms with Crippen molar-refractivity contribution in [3.8, 4) is 17.3 Å². The first-order chi connectivity index (χ1) is 21.3. The van der Waals surface area contributed by atoms with Crippen molar-refractivity contribution in [2.75, 3.05) is 36.8 Å². The quantitative estimate of drug-likeness (QED) is 0.136. The van der Waals surface area contributed by atoms with Gasteiger partial charge in [0, 0.05) is 31.6 Å². The third-order valence-electron chi connectivity index (χ3n) is 8.03. The van der Waals surface area contributed by atoms with Crippen LogP contribution in [0.5, 0.6) is 0 Å². The SMILES string of the molecule is C=CC(=O)N1CCN(c2c(C#N)c(=O)n(C3=C(C)C=CN[C@@H]3C(C)C)c3nc(-c4c(N)c(Cl)c(Cl)c(Cl)c4F)c(Cl)cc23)CC1. The molecule has 1 saturated heterocycles. The Morgan fingerprint density at radius 1 is 1.20 bits per heavy atom. The van der Waals surface area contributed by atoms with Crippen LogP contribution in [0.2, 0.25) is 20.1 Å². The topological polar surface area (TPSA) is 120 Å². The number of hydrogen-bond donors (Lipinski definition) is 2. The molecule has 45 heavy (non-hydrogen) atoms. The zero-order valence-corrected chi connectivity index (χ0v) is 27.5. The molecule has 0 bridgehead atoms. The van der Waals surface area contributed by atoms with Gasteiger partial charge in [-0.1, -0.05) is 66.8 Å². The number of rotatable bonds is 5. The van der Waals surface area contributed by atoms with Gasteiger partial charge in [-0.15, -0.1) is 0 Å². The van der Waals surface area contributed by atoms with E-state index in [0.29, 0.717) is 42.9 Å². The zero-order valence-electron chi connectivity index (χ0n) is 24.5. The fourth-order valence-electron chi connectivity index (χ4n) is 5.77. The minimum atomic E-state index is -0.985. The van der Waals surface area contributed by atoms with E-state index in [1.807, 2.05) is 31.7 Å². The van der Waals surface area contributed by atoms with Crippen LogP contribution >= 0.6 is 46.4 Å². The zero-order chi connectivity index (χ0) is 32.9. The molecule has 0 spiro atoms. The number of dihydropyridines is 1. The average molecular weight is 691 g/mol. The minimum Gasteiger partial charge on any atom is -0.397 e. The normalized spacial score (nSPS) is 16.8. The Hall–Kier alpha value is -3.75. The highest BCUT2D eigenvalue weighted by atomic mass is 35.5. The molecular formula is C31H28Cl4FN7O2. The molecule has 5 rings (SSSR count). The summed E-state index contributed by atoms with van der Waals surface area (Å²) in [4.78, 5) is 35.0. The fourth-order valence-corrected chi connectivity index (χ4v) is 6.62. The molecule has 2 aliphatic rings. The fraction of sp³-hybridized carbons (Fsp3) is 0.290. The van der Waals surface area contributed by atoms with Gasteiger partial charge >= 0.3 is 0 Å². The van der Waals surface area contributed by atoms with Gasteiger partial charge < -0.3 is 20.9 Å². The lowest BCUT2D eigenvalue weighted by molar-refractivity contribution is -0.126. The first-order valence-electron chi connectivity index (χ1n) is 13.9. The van der Waals surface area contributed by atoms with Gasteiger partial charge in [0.05, 0.1) is 54.5 Å². The number of aromatic nitrogens is 2. The van der Waals surface area contributed by atoms with Gasteiger partial charge in [-0.25, -0.2) is 9.37 Å². The second-order valence-corrected chi connectivity index (χ2v) is 12.6. The van der Waals surface area contributed by atoms with Crippen LogP contribution < -0.4 is 21.5 Å². The summed E-state index contributed by atoms with van der Waals surface area (Å²) in [6, 6.07) is 3.29. The number of piperazine rings is 1. The van der Waals surface area contributed by atoms with Gasteiger partial charge in [0.15, 0.2) is 5.82 Å². The van der Waals surface area contributed by atoms with E-state index in [0.717, 1.165) is 5.57 Å². The number of nitrogens with one attached hydrogen (secondary N) is 1. The Morgan fingerprint density at radius 2 is 1.87 bits per heavy atom. The number of benzene rings is 1. The molecule has 14 heteroatoms. The lowest BCUT2D eigenvalue weighted by Crippen LogP contribution is -2.49. The van der Waals surface area contributed by atoms with Crippen molar-refractivity contribution in [1.82, 2.24) is 19.8 Å². The number of hydrogen-bond acceptors (Lipinski definition) is 7. The number of fused-ring (bicyclic) bond motifs is 1. The van der Waals surface area contributed by atoms with Crippen molar-refractivity contribution in [3.05, 3.63) is 78.4 Å². The Bertz CT molecular complexity index is 1910. The van der Waals surface area contributed by atoms with Crippen molar-refractivity contribution in [1.29, 1.82) is 5.26 Å². The highest BCUT2D eigenvalue weighted by Crippen LogP contribution is 2.46. The molecule has 1 atom stereocenters. The highest BCUT2D eigenvalue weighted by molar-refractivity contribution is 6.49. The van der Waals surface area contributed by atoms with Crippen molar-refractivity contribution in [2.24, 2.45) is 5.92 Å². The molecule has 0 radical (unpaired) electrons. The maximum absolute atomic E-state index is 15.7. The maximum atomic E-state index is 15.7. The van der Waals surface area contributed by atoms with E-state index in [2.05, 4.69) is 18.0 Å². The number of nitrogens with two attached hydrogens (primary N) is 1. The predicted octanol–water partition coefficient (Wildman–Crippen LogP) is 6.48. The molecule has 0 aliphatic carbocycles. The molecule has 1 fully saturated rings. The summed E-state index contributed by atoms with van der Waals surface area (Å²) in [5.41, 5.74) is 6.58. The molecule has 234 valence electrons. The van der Waals surface area contributed by atoms with E-state index in [9.17, 15) is 14.9 Å². The summed E-state index contributed by atoms with van der Waals surface area (Å²) >= 11 is 25.4. The predicted molar refractivity (Wildman–Crippen MR) is 179 cm³/mol. The van der Waals surface area contributed by atoms with E-state index in [4.69, 9.17) is 57.1 Å². The minimum absolute atomic E-state index is 0.0104. The summed E-state index contributed by atoms with van der Waals surface area (Å²) in [5.74, 6) is -1.19. The highest BCUT2D eigenvalue weighted by Gasteiger charge is 2.33. The molecule has 2 aliphatic heterocycles. The average Bonchev–Trinajstić information content (AvgIpc) is 3.02. The number of halogens is 5. The molecule has 0 unspecified atom stereocenters. The van der Waals surface area contributed by atoms with E-state index < -0.39 is 16.4 Å². The van der Waals surface area contributed by atoms with E-state index in [1.165, 1.54) is 16.7 Å². The number of carbonyl (C=O) groups excluding carboxylic acids is 1. The first-order valence-corrected chi connectivity index (χ1v) is 15.5. The molecule has 3 aromatic rings. The number of nitrogens with zero attached hydrogens (tertiary/aromatic N) is 5. The smallest absolute Gasteiger partial charge is 0.276 e. The van der Waals surface area contributed by atoms with Crippen LogP contribution in [0, 0.1) is 23.1 Å². The first kappa shape index (κ1) is 32.6. The van der Waals surface area contributed by atoms with E-state index in [1.54, 1.807) is 11.1 Å². The molecule has 1 aromatic carbocycles. The Labute approximate surface area is 278 Å². The number of allylic oxidation sites excluding steroid dienone is 2. The van der Waals surface area contributed by atoms with Crippen LogP contribution in [-0.4, -0.2) is 52.6 Å². The molecular weight excluding hydrogens is 663 g/mol. The number of nitrogen functional groups attached to an aromatic ring is 1.